The molecule has 0 bridgehead atoms. The first-order chi connectivity index (χ1) is 20.0. The average molecular weight is 584 g/mol. The molecule has 3 rings (SSSR count). The van der Waals surface area contributed by atoms with E-state index < -0.39 is 17.6 Å². The van der Waals surface area contributed by atoms with Crippen LogP contribution in [0, 0.1) is 0 Å². The van der Waals surface area contributed by atoms with Gasteiger partial charge in [0.2, 0.25) is 17.7 Å². The maximum absolute atomic E-state index is 13.0. The Hall–Kier alpha value is -4.12. The molecule has 1 aromatic rings. The molecule has 228 valence electrons. The molecule has 2 aliphatic rings. The number of piperidine rings is 1. The Kier molecular flexibility index (Phi) is 11.7. The summed E-state index contributed by atoms with van der Waals surface area (Å²) in [7, 11) is 0. The summed E-state index contributed by atoms with van der Waals surface area (Å²) in [5, 5.41) is 8.74. The number of hydrogen-bond acceptors (Lipinski definition) is 7. The number of carbonyl (C=O) groups is 5. The fourth-order valence-corrected chi connectivity index (χ4v) is 5.03. The third kappa shape index (κ3) is 9.47. The Morgan fingerprint density at radius 1 is 1.12 bits per heavy atom. The molecule has 1 aromatic carbocycles. The molecule has 2 heterocycles. The molecule has 0 saturated carbocycles. The van der Waals surface area contributed by atoms with Crippen LogP contribution in [0.4, 0.5) is 10.5 Å². The number of nitrogens with zero attached hydrogens (tertiary/aromatic N) is 5. The lowest BCUT2D eigenvalue weighted by Crippen LogP contribution is -2.52. The lowest BCUT2D eigenvalue weighted by atomic mass is 10.0. The van der Waals surface area contributed by atoms with Crippen LogP contribution in [0.25, 0.3) is 10.4 Å². The quantitative estimate of drug-likeness (QED) is 0.106. The van der Waals surface area contributed by atoms with Gasteiger partial charge in [0.05, 0.1) is 0 Å². The van der Waals surface area contributed by atoms with E-state index in [0.717, 1.165) is 25.7 Å². The smallest absolute Gasteiger partial charge is 0.410 e. The predicted octanol–water partition coefficient (Wildman–Crippen LogP) is 4.66. The summed E-state index contributed by atoms with van der Waals surface area (Å²) < 4.78 is 5.49. The third-order valence-electron chi connectivity index (χ3n) is 7.09. The Bertz CT molecular complexity index is 1220. The summed E-state index contributed by atoms with van der Waals surface area (Å²) in [5.74, 6) is -1.24. The number of rotatable bonds is 14. The maximum atomic E-state index is 13.0. The standard InChI is InChI=1S/C29H41N7O6/c1-29(2,3)42-28(41)35(18-10-16-31-34-30)17-8-6-4-5-7-13-24(37)32-22-12-9-11-20-21(22)19-36(27(20)40)23-14-15-25(38)33-26(23)39/h9,11-12,23H,4-8,10,13-19H2,1-3H3,(H,32,37)(H,33,38,39). The van der Waals surface area contributed by atoms with Crippen molar-refractivity contribution in [3.05, 3.63) is 39.8 Å². The minimum absolute atomic E-state index is 0.147. The lowest BCUT2D eigenvalue weighted by molar-refractivity contribution is -0.137. The summed E-state index contributed by atoms with van der Waals surface area (Å²) >= 11 is 0. The molecule has 2 N–H and O–H groups in total. The summed E-state index contributed by atoms with van der Waals surface area (Å²) in [5.41, 5.74) is 9.55. The Morgan fingerprint density at radius 2 is 1.83 bits per heavy atom. The van der Waals surface area contributed by atoms with E-state index in [1.54, 1.807) is 23.1 Å². The van der Waals surface area contributed by atoms with E-state index in [4.69, 9.17) is 10.3 Å². The van der Waals surface area contributed by atoms with Gasteiger partial charge in [-0.05, 0) is 64.1 Å². The number of nitrogens with one attached hydrogen (secondary N) is 2. The second kappa shape index (κ2) is 15.2. The van der Waals surface area contributed by atoms with Crippen molar-refractivity contribution in [2.24, 2.45) is 5.11 Å². The number of fused-ring (bicyclic) bond motifs is 1. The molecule has 1 atom stereocenters. The number of imide groups is 1. The van der Waals surface area contributed by atoms with Gasteiger partial charge in [-0.15, -0.1) is 0 Å². The van der Waals surface area contributed by atoms with E-state index in [9.17, 15) is 24.0 Å². The van der Waals surface area contributed by atoms with Crippen LogP contribution in [0.3, 0.4) is 0 Å². The van der Waals surface area contributed by atoms with Crippen molar-refractivity contribution in [1.82, 2.24) is 15.1 Å². The molecule has 13 heteroatoms. The Morgan fingerprint density at radius 3 is 2.55 bits per heavy atom. The van der Waals surface area contributed by atoms with Crippen molar-refractivity contribution in [2.45, 2.75) is 96.7 Å². The highest BCUT2D eigenvalue weighted by Crippen LogP contribution is 2.32. The van der Waals surface area contributed by atoms with E-state index in [2.05, 4.69) is 20.7 Å². The highest BCUT2D eigenvalue weighted by atomic mass is 16.6. The average Bonchev–Trinajstić information content (AvgIpc) is 3.25. The normalized spacial score (nSPS) is 16.4. The van der Waals surface area contributed by atoms with Crippen molar-refractivity contribution in [2.75, 3.05) is 25.0 Å². The minimum atomic E-state index is -0.708. The molecular formula is C29H41N7O6. The largest absolute Gasteiger partial charge is 0.444 e. The number of anilines is 1. The maximum Gasteiger partial charge on any atom is 0.410 e. The van der Waals surface area contributed by atoms with Crippen LogP contribution < -0.4 is 10.6 Å². The Balaban J connectivity index is 1.40. The van der Waals surface area contributed by atoms with Crippen LogP contribution in [0.15, 0.2) is 23.3 Å². The number of amides is 5. The van der Waals surface area contributed by atoms with Crippen LogP contribution in [0.2, 0.25) is 0 Å². The molecule has 1 saturated heterocycles. The van der Waals surface area contributed by atoms with Gasteiger partial charge in [0.1, 0.15) is 11.6 Å². The molecule has 13 nitrogen and oxygen atoms in total. The van der Waals surface area contributed by atoms with Gasteiger partial charge < -0.3 is 19.9 Å². The fraction of sp³-hybridized carbons (Fsp3) is 0.621. The second-order valence-corrected chi connectivity index (χ2v) is 11.6. The molecule has 0 aromatic heterocycles. The van der Waals surface area contributed by atoms with Crippen molar-refractivity contribution >= 4 is 35.4 Å². The molecule has 1 unspecified atom stereocenters. The van der Waals surface area contributed by atoms with Gasteiger partial charge in [-0.3, -0.25) is 24.5 Å². The third-order valence-corrected chi connectivity index (χ3v) is 7.09. The molecule has 1 fully saturated rings. The first kappa shape index (κ1) is 32.4. The van der Waals surface area contributed by atoms with Crippen LogP contribution in [-0.4, -0.2) is 70.8 Å². The molecule has 0 spiro atoms. The van der Waals surface area contributed by atoms with Gasteiger partial charge in [0.25, 0.3) is 5.91 Å². The van der Waals surface area contributed by atoms with Crippen LogP contribution in [0.1, 0.15) is 94.5 Å². The zero-order valence-electron chi connectivity index (χ0n) is 24.7. The molecule has 2 aliphatic heterocycles. The molecule has 5 amide bonds. The van der Waals surface area contributed by atoms with E-state index in [1.165, 1.54) is 4.90 Å². The van der Waals surface area contributed by atoms with Gasteiger partial charge in [-0.2, -0.15) is 0 Å². The van der Waals surface area contributed by atoms with E-state index in [-0.39, 0.29) is 43.2 Å². The highest BCUT2D eigenvalue weighted by molar-refractivity contribution is 6.06. The predicted molar refractivity (Wildman–Crippen MR) is 155 cm³/mol. The summed E-state index contributed by atoms with van der Waals surface area (Å²) in [6.07, 6.45) is 5.12. The molecule has 0 aliphatic carbocycles. The SMILES string of the molecule is CC(C)(C)OC(=O)N(CCCCCCCC(=O)Nc1cccc2c1CN(C1CCC(=O)NC1=O)C2=O)CCCN=[N+]=[N-]. The number of hydrogen-bond donors (Lipinski definition) is 2. The van der Waals surface area contributed by atoms with Crippen LogP contribution >= 0.6 is 0 Å². The molecular weight excluding hydrogens is 542 g/mol. The zero-order valence-corrected chi connectivity index (χ0v) is 24.7. The van der Waals surface area contributed by atoms with Crippen LogP contribution in [-0.2, 0) is 25.7 Å². The fourth-order valence-electron chi connectivity index (χ4n) is 5.03. The molecule has 42 heavy (non-hydrogen) atoms. The first-order valence-electron chi connectivity index (χ1n) is 14.6. The highest BCUT2D eigenvalue weighted by Gasteiger charge is 2.40. The number of ether oxygens (including phenoxy) is 1. The van der Waals surface area contributed by atoms with Gasteiger partial charge in [-0.25, -0.2) is 4.79 Å². The number of carbonyl (C=O) groups excluding carboxylic acids is 5. The number of benzene rings is 1. The lowest BCUT2D eigenvalue weighted by Gasteiger charge is -2.29. The topological polar surface area (TPSA) is 174 Å². The van der Waals surface area contributed by atoms with Gasteiger partial charge in [0.15, 0.2) is 0 Å². The van der Waals surface area contributed by atoms with E-state index in [0.29, 0.717) is 55.7 Å². The van der Waals surface area contributed by atoms with Crippen LogP contribution in [0.5, 0.6) is 0 Å². The van der Waals surface area contributed by atoms with Crippen molar-refractivity contribution in [1.29, 1.82) is 0 Å². The number of unbranched alkanes of at least 4 members (excludes halogenated alkanes) is 4. The molecule has 0 radical (unpaired) electrons. The van der Waals surface area contributed by atoms with Gasteiger partial charge in [-0.1, -0.05) is 30.4 Å². The van der Waals surface area contributed by atoms with Gasteiger partial charge >= 0.3 is 6.09 Å². The minimum Gasteiger partial charge on any atom is -0.444 e. The summed E-state index contributed by atoms with van der Waals surface area (Å²) in [6.45, 7) is 6.97. The van der Waals surface area contributed by atoms with Crippen molar-refractivity contribution in [3.8, 4) is 0 Å². The first-order valence-corrected chi connectivity index (χ1v) is 14.6. The summed E-state index contributed by atoms with van der Waals surface area (Å²) in [4.78, 5) is 67.9. The van der Waals surface area contributed by atoms with E-state index >= 15 is 0 Å². The summed E-state index contributed by atoms with van der Waals surface area (Å²) in [6, 6.07) is 4.43. The Labute approximate surface area is 245 Å². The van der Waals surface area contributed by atoms with Crippen molar-refractivity contribution in [3.63, 3.8) is 0 Å². The van der Waals surface area contributed by atoms with Crippen molar-refractivity contribution < 1.29 is 28.7 Å². The second-order valence-electron chi connectivity index (χ2n) is 11.6. The zero-order chi connectivity index (χ0) is 30.7. The number of azide groups is 1. The van der Waals surface area contributed by atoms with E-state index in [1.807, 2.05) is 20.8 Å². The monoisotopic (exact) mass is 583 g/mol. The van der Waals surface area contributed by atoms with Gasteiger partial charge in [0, 0.05) is 60.7 Å².